The Balaban J connectivity index is 1.66. The maximum atomic E-state index is 12.7. The van der Waals surface area contributed by atoms with Gasteiger partial charge in [-0.25, -0.2) is 0 Å². The van der Waals surface area contributed by atoms with Crippen LogP contribution in [0.4, 0.5) is 0 Å². The standard InChI is InChI=1S/C21H25BrN2O2/c1-2-20(17-6-8-19(22)9-7-17)23-21(25)18-5-3-4-16(14-18)15-24-10-12-26-13-11-24/h3-9,14,20H,2,10-13,15H2,1H3,(H,23,25). The number of amides is 1. The lowest BCUT2D eigenvalue weighted by molar-refractivity contribution is 0.0342. The van der Waals surface area contributed by atoms with Gasteiger partial charge < -0.3 is 10.1 Å². The summed E-state index contributed by atoms with van der Waals surface area (Å²) in [5.74, 6) is -0.0244. The average Bonchev–Trinajstić information content (AvgIpc) is 2.68. The van der Waals surface area contributed by atoms with Gasteiger partial charge in [0.2, 0.25) is 0 Å². The van der Waals surface area contributed by atoms with Gasteiger partial charge in [0.05, 0.1) is 19.3 Å². The van der Waals surface area contributed by atoms with E-state index in [1.165, 1.54) is 0 Å². The van der Waals surface area contributed by atoms with Crippen LogP contribution in [-0.4, -0.2) is 37.1 Å². The van der Waals surface area contributed by atoms with Gasteiger partial charge in [-0.3, -0.25) is 9.69 Å². The molecule has 4 nitrogen and oxygen atoms in total. The van der Waals surface area contributed by atoms with Crippen LogP contribution in [-0.2, 0) is 11.3 Å². The number of morpholine rings is 1. The molecule has 0 saturated carbocycles. The van der Waals surface area contributed by atoms with E-state index in [1.807, 2.05) is 42.5 Å². The Morgan fingerprint density at radius 3 is 2.62 bits per heavy atom. The maximum Gasteiger partial charge on any atom is 0.251 e. The molecule has 1 aliphatic rings. The zero-order valence-corrected chi connectivity index (χ0v) is 16.7. The van der Waals surface area contributed by atoms with E-state index in [9.17, 15) is 4.79 Å². The third-order valence-electron chi connectivity index (χ3n) is 4.69. The largest absolute Gasteiger partial charge is 0.379 e. The second-order valence-corrected chi connectivity index (χ2v) is 7.49. The molecular formula is C21H25BrN2O2. The van der Waals surface area contributed by atoms with Gasteiger partial charge in [0.15, 0.2) is 0 Å². The van der Waals surface area contributed by atoms with Crippen LogP contribution < -0.4 is 5.32 Å². The Morgan fingerprint density at radius 1 is 1.19 bits per heavy atom. The molecule has 1 atom stereocenters. The van der Waals surface area contributed by atoms with Crippen LogP contribution in [0.25, 0.3) is 0 Å². The van der Waals surface area contributed by atoms with Crippen molar-refractivity contribution in [1.82, 2.24) is 10.2 Å². The Hall–Kier alpha value is -1.69. The van der Waals surface area contributed by atoms with Crippen molar-refractivity contribution in [2.24, 2.45) is 0 Å². The molecule has 26 heavy (non-hydrogen) atoms. The number of nitrogens with one attached hydrogen (secondary N) is 1. The number of hydrogen-bond acceptors (Lipinski definition) is 3. The second-order valence-electron chi connectivity index (χ2n) is 6.57. The smallest absolute Gasteiger partial charge is 0.251 e. The third kappa shape index (κ3) is 5.16. The van der Waals surface area contributed by atoms with Gasteiger partial charge >= 0.3 is 0 Å². The molecule has 2 aromatic rings. The molecule has 0 radical (unpaired) electrons. The highest BCUT2D eigenvalue weighted by Gasteiger charge is 2.15. The van der Waals surface area contributed by atoms with Crippen molar-refractivity contribution < 1.29 is 9.53 Å². The number of halogens is 1. The monoisotopic (exact) mass is 416 g/mol. The van der Waals surface area contributed by atoms with E-state index < -0.39 is 0 Å². The van der Waals surface area contributed by atoms with Crippen molar-refractivity contribution in [2.45, 2.75) is 25.9 Å². The molecule has 1 unspecified atom stereocenters. The van der Waals surface area contributed by atoms with Crippen LogP contribution in [0.1, 0.15) is 40.9 Å². The molecule has 0 aliphatic carbocycles. The lowest BCUT2D eigenvalue weighted by atomic mass is 10.0. The first-order valence-corrected chi connectivity index (χ1v) is 9.90. The van der Waals surface area contributed by atoms with Gasteiger partial charge in [0, 0.05) is 29.7 Å². The van der Waals surface area contributed by atoms with Crippen molar-refractivity contribution in [3.05, 3.63) is 69.7 Å². The minimum absolute atomic E-state index is 0.0125. The Bertz CT molecular complexity index is 727. The zero-order valence-electron chi connectivity index (χ0n) is 15.1. The molecule has 1 amide bonds. The molecule has 3 rings (SSSR count). The van der Waals surface area contributed by atoms with E-state index in [2.05, 4.69) is 39.1 Å². The van der Waals surface area contributed by atoms with Crippen LogP contribution in [0.3, 0.4) is 0 Å². The Labute approximate surface area is 163 Å². The van der Waals surface area contributed by atoms with Gasteiger partial charge in [0.1, 0.15) is 0 Å². The number of ether oxygens (including phenoxy) is 1. The fourth-order valence-electron chi connectivity index (χ4n) is 3.19. The molecule has 0 bridgehead atoms. The van der Waals surface area contributed by atoms with Crippen molar-refractivity contribution in [3.8, 4) is 0 Å². The highest BCUT2D eigenvalue weighted by molar-refractivity contribution is 9.10. The normalized spacial score (nSPS) is 16.2. The lowest BCUT2D eigenvalue weighted by Gasteiger charge is -2.26. The molecule has 1 N–H and O–H groups in total. The van der Waals surface area contributed by atoms with Crippen LogP contribution in [0.15, 0.2) is 53.0 Å². The van der Waals surface area contributed by atoms with E-state index in [4.69, 9.17) is 4.74 Å². The first-order valence-electron chi connectivity index (χ1n) is 9.11. The molecule has 1 heterocycles. The van der Waals surface area contributed by atoms with E-state index >= 15 is 0 Å². The highest BCUT2D eigenvalue weighted by Crippen LogP contribution is 2.20. The number of nitrogens with zero attached hydrogens (tertiary/aromatic N) is 1. The fraction of sp³-hybridized carbons (Fsp3) is 0.381. The number of benzene rings is 2. The predicted octanol–water partition coefficient (Wildman–Crippen LogP) is 4.16. The van der Waals surface area contributed by atoms with Crippen molar-refractivity contribution in [3.63, 3.8) is 0 Å². The van der Waals surface area contributed by atoms with Gasteiger partial charge in [0.25, 0.3) is 5.91 Å². The van der Waals surface area contributed by atoms with Gasteiger partial charge in [-0.05, 0) is 41.8 Å². The molecular weight excluding hydrogens is 392 g/mol. The van der Waals surface area contributed by atoms with Crippen LogP contribution >= 0.6 is 15.9 Å². The molecule has 2 aromatic carbocycles. The average molecular weight is 417 g/mol. The van der Waals surface area contributed by atoms with Gasteiger partial charge in [-0.2, -0.15) is 0 Å². The van der Waals surface area contributed by atoms with E-state index in [0.29, 0.717) is 5.56 Å². The van der Waals surface area contributed by atoms with Crippen molar-refractivity contribution in [2.75, 3.05) is 26.3 Å². The summed E-state index contributed by atoms with van der Waals surface area (Å²) in [6, 6.07) is 16.1. The minimum atomic E-state index is -0.0244. The summed E-state index contributed by atoms with van der Waals surface area (Å²) in [6.45, 7) is 6.39. The first-order chi connectivity index (χ1) is 12.7. The van der Waals surface area contributed by atoms with E-state index in [0.717, 1.165) is 54.9 Å². The van der Waals surface area contributed by atoms with Crippen molar-refractivity contribution in [1.29, 1.82) is 0 Å². The Kier molecular flexibility index (Phi) is 6.83. The maximum absolute atomic E-state index is 12.7. The summed E-state index contributed by atoms with van der Waals surface area (Å²) in [4.78, 5) is 15.1. The topological polar surface area (TPSA) is 41.6 Å². The van der Waals surface area contributed by atoms with E-state index in [-0.39, 0.29) is 11.9 Å². The van der Waals surface area contributed by atoms with Crippen LogP contribution in [0.5, 0.6) is 0 Å². The summed E-state index contributed by atoms with van der Waals surface area (Å²) in [5, 5.41) is 3.16. The van der Waals surface area contributed by atoms with Gasteiger partial charge in [-0.15, -0.1) is 0 Å². The summed E-state index contributed by atoms with van der Waals surface area (Å²) >= 11 is 3.45. The van der Waals surface area contributed by atoms with E-state index in [1.54, 1.807) is 0 Å². The number of hydrogen-bond donors (Lipinski definition) is 1. The lowest BCUT2D eigenvalue weighted by Crippen LogP contribution is -2.35. The van der Waals surface area contributed by atoms with Crippen LogP contribution in [0, 0.1) is 0 Å². The molecule has 138 valence electrons. The van der Waals surface area contributed by atoms with Crippen LogP contribution in [0.2, 0.25) is 0 Å². The van der Waals surface area contributed by atoms with Gasteiger partial charge in [-0.1, -0.05) is 47.1 Å². The number of carbonyl (C=O) groups is 1. The number of carbonyl (C=O) groups excluding carboxylic acids is 1. The third-order valence-corrected chi connectivity index (χ3v) is 5.21. The quantitative estimate of drug-likeness (QED) is 0.768. The summed E-state index contributed by atoms with van der Waals surface area (Å²) < 4.78 is 6.44. The van der Waals surface area contributed by atoms with Crippen molar-refractivity contribution >= 4 is 21.8 Å². The summed E-state index contributed by atoms with van der Waals surface area (Å²) in [5.41, 5.74) is 3.00. The highest BCUT2D eigenvalue weighted by atomic mass is 79.9. The molecule has 1 saturated heterocycles. The molecule has 1 fully saturated rings. The first kappa shape index (κ1) is 19.1. The summed E-state index contributed by atoms with van der Waals surface area (Å²) in [6.07, 6.45) is 0.848. The minimum Gasteiger partial charge on any atom is -0.379 e. The Morgan fingerprint density at radius 2 is 1.92 bits per heavy atom. The SMILES string of the molecule is CCC(NC(=O)c1cccc(CN2CCOCC2)c1)c1ccc(Br)cc1. The number of rotatable bonds is 6. The molecule has 0 aromatic heterocycles. The predicted molar refractivity (Wildman–Crippen MR) is 107 cm³/mol. The molecule has 0 spiro atoms. The fourth-order valence-corrected chi connectivity index (χ4v) is 3.45. The second kappa shape index (κ2) is 9.31. The zero-order chi connectivity index (χ0) is 18.4. The molecule has 1 aliphatic heterocycles. The summed E-state index contributed by atoms with van der Waals surface area (Å²) in [7, 11) is 0. The molecule has 5 heteroatoms.